The summed E-state index contributed by atoms with van der Waals surface area (Å²) < 4.78 is 5.10. The van der Waals surface area contributed by atoms with E-state index in [2.05, 4.69) is 6.58 Å². The zero-order valence-electron chi connectivity index (χ0n) is 11.6. The number of carbonyl (C=O) groups is 1. The first kappa shape index (κ1) is 15.2. The molecule has 0 fully saturated rings. The third-order valence-corrected chi connectivity index (χ3v) is 2.95. The summed E-state index contributed by atoms with van der Waals surface area (Å²) in [5, 5.41) is 0. The first-order valence-corrected chi connectivity index (χ1v) is 6.68. The Balaban J connectivity index is 2.21. The highest BCUT2D eigenvalue weighted by molar-refractivity contribution is 5.78. The van der Waals surface area contributed by atoms with E-state index in [0.29, 0.717) is 18.6 Å². The van der Waals surface area contributed by atoms with Crippen molar-refractivity contribution in [3.8, 4) is 5.75 Å². The molecule has 1 aromatic rings. The van der Waals surface area contributed by atoms with Gasteiger partial charge in [0.15, 0.2) is 0 Å². The summed E-state index contributed by atoms with van der Waals surface area (Å²) in [6.45, 7) is 3.61. The van der Waals surface area contributed by atoms with Crippen LogP contribution in [-0.4, -0.2) is 12.9 Å². The fourth-order valence-corrected chi connectivity index (χ4v) is 1.81. The van der Waals surface area contributed by atoms with E-state index in [0.717, 1.165) is 25.0 Å². The summed E-state index contributed by atoms with van der Waals surface area (Å²) in [6, 6.07) is 7.89. The van der Waals surface area contributed by atoms with Gasteiger partial charge in [0.2, 0.25) is 0 Å². The van der Waals surface area contributed by atoms with Crippen molar-refractivity contribution in [2.24, 2.45) is 0 Å². The number of aryl methyl sites for hydroxylation is 1. The van der Waals surface area contributed by atoms with E-state index in [1.807, 2.05) is 36.4 Å². The molecule has 0 aliphatic rings. The Kier molecular flexibility index (Phi) is 7.33. The number of methoxy groups -OCH3 is 1. The molecule has 0 atom stereocenters. The number of hydrogen-bond acceptors (Lipinski definition) is 2. The molecule has 1 rings (SSSR count). The quantitative estimate of drug-likeness (QED) is 0.492. The predicted octanol–water partition coefficient (Wildman–Crippen LogP) is 4.11. The molecule has 102 valence electrons. The summed E-state index contributed by atoms with van der Waals surface area (Å²) >= 11 is 0. The Bertz CT molecular complexity index is 415. The van der Waals surface area contributed by atoms with E-state index < -0.39 is 0 Å². The van der Waals surface area contributed by atoms with Gasteiger partial charge in [0.25, 0.3) is 0 Å². The van der Waals surface area contributed by atoms with Gasteiger partial charge in [-0.15, -0.1) is 0 Å². The number of rotatable bonds is 9. The fourth-order valence-electron chi connectivity index (χ4n) is 1.81. The van der Waals surface area contributed by atoms with Crippen molar-refractivity contribution < 1.29 is 9.53 Å². The number of hydrogen-bond donors (Lipinski definition) is 0. The number of ketones is 1. The molecule has 0 heterocycles. The Morgan fingerprint density at radius 3 is 2.63 bits per heavy atom. The maximum Gasteiger partial charge on any atom is 0.133 e. The van der Waals surface area contributed by atoms with Crippen molar-refractivity contribution in [3.05, 3.63) is 54.6 Å². The lowest BCUT2D eigenvalue weighted by Crippen LogP contribution is -1.99. The van der Waals surface area contributed by atoms with E-state index in [-0.39, 0.29) is 0 Å². The van der Waals surface area contributed by atoms with Gasteiger partial charge < -0.3 is 4.74 Å². The molecule has 0 saturated heterocycles. The summed E-state index contributed by atoms with van der Waals surface area (Å²) in [5.74, 6) is 1.19. The van der Waals surface area contributed by atoms with Crippen molar-refractivity contribution in [2.45, 2.75) is 32.1 Å². The minimum Gasteiger partial charge on any atom is -0.497 e. The predicted molar refractivity (Wildman–Crippen MR) is 79.5 cm³/mol. The lowest BCUT2D eigenvalue weighted by Gasteiger charge is -2.03. The van der Waals surface area contributed by atoms with Crippen LogP contribution >= 0.6 is 0 Å². The summed E-state index contributed by atoms with van der Waals surface area (Å²) in [6.07, 6.45) is 9.68. The van der Waals surface area contributed by atoms with E-state index in [1.165, 1.54) is 5.56 Å². The lowest BCUT2D eigenvalue weighted by atomic mass is 10.0. The van der Waals surface area contributed by atoms with Crippen LogP contribution in [0.5, 0.6) is 5.75 Å². The molecule has 2 heteroatoms. The topological polar surface area (TPSA) is 26.3 Å². The van der Waals surface area contributed by atoms with E-state index in [1.54, 1.807) is 13.2 Å². The number of benzene rings is 1. The van der Waals surface area contributed by atoms with Gasteiger partial charge in [-0.05, 0) is 37.0 Å². The molecule has 0 aromatic heterocycles. The second kappa shape index (κ2) is 9.15. The fraction of sp³-hybridized carbons (Fsp3) is 0.353. The molecule has 0 bridgehead atoms. The summed E-state index contributed by atoms with van der Waals surface area (Å²) in [7, 11) is 1.65. The number of unbranched alkanes of at least 4 members (excludes halogenated alkanes) is 1. The van der Waals surface area contributed by atoms with Crippen molar-refractivity contribution in [1.29, 1.82) is 0 Å². The standard InChI is InChI=1S/C17H22O2/c1-3-4-5-6-7-8-16(18)12-9-15-10-13-17(19-2)14-11-15/h3-5,10-11,13-14H,1,6-9,12H2,2H3/b5-4+. The SMILES string of the molecule is C=C/C=C/CCCC(=O)CCc1ccc(OC)cc1. The van der Waals surface area contributed by atoms with Crippen LogP contribution in [0.25, 0.3) is 0 Å². The minimum atomic E-state index is 0.336. The molecule has 19 heavy (non-hydrogen) atoms. The van der Waals surface area contributed by atoms with Crippen molar-refractivity contribution in [3.63, 3.8) is 0 Å². The number of carbonyl (C=O) groups excluding carboxylic acids is 1. The highest BCUT2D eigenvalue weighted by Crippen LogP contribution is 2.13. The van der Waals surface area contributed by atoms with Crippen LogP contribution in [0.4, 0.5) is 0 Å². The number of ether oxygens (including phenoxy) is 1. The smallest absolute Gasteiger partial charge is 0.133 e. The van der Waals surface area contributed by atoms with Gasteiger partial charge in [-0.2, -0.15) is 0 Å². The third kappa shape index (κ3) is 6.61. The normalized spacial score (nSPS) is 10.6. The zero-order valence-corrected chi connectivity index (χ0v) is 11.6. The van der Waals surface area contributed by atoms with Gasteiger partial charge in [0, 0.05) is 12.8 Å². The molecule has 0 saturated carbocycles. The number of Topliss-reactive ketones (excluding diaryl/α,β-unsaturated/α-hetero) is 1. The molecule has 0 aliphatic carbocycles. The van der Waals surface area contributed by atoms with E-state index in [4.69, 9.17) is 4.74 Å². The van der Waals surface area contributed by atoms with Crippen molar-refractivity contribution >= 4 is 5.78 Å². The monoisotopic (exact) mass is 258 g/mol. The molecule has 2 nitrogen and oxygen atoms in total. The molecule has 0 amide bonds. The Labute approximate surface area is 115 Å². The van der Waals surface area contributed by atoms with Crippen LogP contribution in [0, 0.1) is 0 Å². The largest absolute Gasteiger partial charge is 0.497 e. The van der Waals surface area contributed by atoms with Crippen LogP contribution < -0.4 is 4.74 Å². The van der Waals surface area contributed by atoms with Crippen LogP contribution in [-0.2, 0) is 11.2 Å². The van der Waals surface area contributed by atoms with Crippen LogP contribution in [0.3, 0.4) is 0 Å². The highest BCUT2D eigenvalue weighted by Gasteiger charge is 2.02. The van der Waals surface area contributed by atoms with Gasteiger partial charge in [-0.25, -0.2) is 0 Å². The van der Waals surface area contributed by atoms with Crippen LogP contribution in [0.2, 0.25) is 0 Å². The average Bonchev–Trinajstić information content (AvgIpc) is 2.45. The number of allylic oxidation sites excluding steroid dienone is 3. The minimum absolute atomic E-state index is 0.336. The molecule has 1 aromatic carbocycles. The Morgan fingerprint density at radius 2 is 2.00 bits per heavy atom. The Hall–Kier alpha value is -1.83. The van der Waals surface area contributed by atoms with E-state index in [9.17, 15) is 4.79 Å². The molecule has 0 aliphatic heterocycles. The molecule has 0 N–H and O–H groups in total. The molecular formula is C17H22O2. The molecular weight excluding hydrogens is 236 g/mol. The van der Waals surface area contributed by atoms with Gasteiger partial charge in [0.1, 0.15) is 11.5 Å². The van der Waals surface area contributed by atoms with Gasteiger partial charge in [-0.1, -0.05) is 36.9 Å². The van der Waals surface area contributed by atoms with Gasteiger partial charge >= 0.3 is 0 Å². The van der Waals surface area contributed by atoms with Crippen molar-refractivity contribution in [1.82, 2.24) is 0 Å². The maximum absolute atomic E-state index is 11.7. The second-order valence-corrected chi connectivity index (χ2v) is 4.44. The highest BCUT2D eigenvalue weighted by atomic mass is 16.5. The second-order valence-electron chi connectivity index (χ2n) is 4.44. The van der Waals surface area contributed by atoms with Crippen molar-refractivity contribution in [2.75, 3.05) is 7.11 Å². The summed E-state index contributed by atoms with van der Waals surface area (Å²) in [4.78, 5) is 11.7. The first-order valence-electron chi connectivity index (χ1n) is 6.68. The van der Waals surface area contributed by atoms with Crippen LogP contribution in [0.15, 0.2) is 49.1 Å². The van der Waals surface area contributed by atoms with Crippen LogP contribution in [0.1, 0.15) is 31.2 Å². The van der Waals surface area contributed by atoms with Gasteiger partial charge in [0.05, 0.1) is 7.11 Å². The average molecular weight is 258 g/mol. The zero-order chi connectivity index (χ0) is 13.9. The molecule has 0 radical (unpaired) electrons. The first-order chi connectivity index (χ1) is 9.26. The molecule has 0 unspecified atom stereocenters. The lowest BCUT2D eigenvalue weighted by molar-refractivity contribution is -0.119. The Morgan fingerprint density at radius 1 is 1.26 bits per heavy atom. The third-order valence-electron chi connectivity index (χ3n) is 2.95. The molecule has 0 spiro atoms. The van der Waals surface area contributed by atoms with E-state index >= 15 is 0 Å². The summed E-state index contributed by atoms with van der Waals surface area (Å²) in [5.41, 5.74) is 1.18. The van der Waals surface area contributed by atoms with Gasteiger partial charge in [-0.3, -0.25) is 4.79 Å². The maximum atomic E-state index is 11.7.